The lowest BCUT2D eigenvalue weighted by Crippen LogP contribution is -2.58. The molecule has 1 fully saturated rings. The van der Waals surface area contributed by atoms with Crippen LogP contribution in [0.5, 0.6) is 0 Å². The largest absolute Gasteiger partial charge is 0.344 e. The average Bonchev–Trinajstić information content (AvgIpc) is 3.60. The van der Waals surface area contributed by atoms with E-state index in [4.69, 9.17) is 11.5 Å². The van der Waals surface area contributed by atoms with E-state index in [1.165, 1.54) is 4.90 Å². The smallest absolute Gasteiger partial charge is 0.245 e. The normalized spacial score (nSPS) is 16.7. The van der Waals surface area contributed by atoms with Crippen molar-refractivity contribution in [2.45, 2.75) is 94.4 Å². The highest BCUT2D eigenvalue weighted by Crippen LogP contribution is 2.21. The van der Waals surface area contributed by atoms with Crippen molar-refractivity contribution < 1.29 is 24.0 Å². The van der Waals surface area contributed by atoms with Crippen LogP contribution in [0.2, 0.25) is 0 Å². The molecule has 4 amide bonds. The lowest BCUT2D eigenvalue weighted by atomic mass is 10.0. The number of benzene rings is 2. The molecule has 0 spiro atoms. The van der Waals surface area contributed by atoms with E-state index in [9.17, 15) is 24.0 Å². The van der Waals surface area contributed by atoms with Crippen molar-refractivity contribution in [1.29, 1.82) is 0 Å². The van der Waals surface area contributed by atoms with Gasteiger partial charge in [-0.15, -0.1) is 0 Å². The number of likely N-dealkylation sites (tertiary alicyclic amines) is 1. The maximum absolute atomic E-state index is 14.0. The molecule has 1 aliphatic rings. The number of unbranched alkanes of at least 4 members (excludes halogenated alkanes) is 2. The van der Waals surface area contributed by atoms with Crippen LogP contribution in [0.15, 0.2) is 60.7 Å². The van der Waals surface area contributed by atoms with Crippen molar-refractivity contribution in [2.24, 2.45) is 11.5 Å². The van der Waals surface area contributed by atoms with Gasteiger partial charge in [0.1, 0.15) is 18.1 Å². The van der Waals surface area contributed by atoms with Crippen LogP contribution < -0.4 is 32.7 Å². The standard InChI is InChI=1S/C36H52N7O5/c1-39-31(24-27-15-6-3-7-16-27)34(46)42-30(18-9-11-21-38)36(48)43-22-12-19-32(43)35(47)41-29(17-8-10-20-37)33(45)40-28(25-44)23-26-13-4-2-5-14-26/h2-7,13-16,28-32,39H,8-12,17-24,37-38H2,1H3,(H,40,45)(H,41,47)(H,42,46)/t28-,29-,30-,31-,32-/m0/s1. The van der Waals surface area contributed by atoms with Gasteiger partial charge >= 0.3 is 0 Å². The van der Waals surface area contributed by atoms with Gasteiger partial charge in [0.15, 0.2) is 0 Å². The third-order valence-corrected chi connectivity index (χ3v) is 8.67. The molecule has 1 saturated heterocycles. The molecule has 0 aromatic heterocycles. The number of carbonyl (C=O) groups excluding carboxylic acids is 5. The van der Waals surface area contributed by atoms with E-state index in [1.54, 1.807) is 7.05 Å². The van der Waals surface area contributed by atoms with Crippen LogP contribution in [0, 0.1) is 0 Å². The Morgan fingerprint density at radius 1 is 0.771 bits per heavy atom. The van der Waals surface area contributed by atoms with E-state index < -0.39 is 42.0 Å². The van der Waals surface area contributed by atoms with Gasteiger partial charge in [-0.1, -0.05) is 60.7 Å². The van der Waals surface area contributed by atoms with Crippen LogP contribution in [0.4, 0.5) is 0 Å². The second kappa shape index (κ2) is 21.0. The summed E-state index contributed by atoms with van der Waals surface area (Å²) in [6, 6.07) is 14.9. The van der Waals surface area contributed by atoms with Crippen LogP contribution >= 0.6 is 0 Å². The van der Waals surface area contributed by atoms with Crippen LogP contribution in [-0.2, 0) is 36.8 Å². The molecular formula is C36H52N7O5. The van der Waals surface area contributed by atoms with Gasteiger partial charge in [-0.2, -0.15) is 0 Å². The van der Waals surface area contributed by atoms with Crippen LogP contribution in [0.3, 0.4) is 0 Å². The molecule has 1 aliphatic heterocycles. The molecular weight excluding hydrogens is 610 g/mol. The van der Waals surface area contributed by atoms with Crippen LogP contribution in [-0.4, -0.2) is 91.7 Å². The van der Waals surface area contributed by atoms with Crippen LogP contribution in [0.25, 0.3) is 0 Å². The van der Waals surface area contributed by atoms with Crippen molar-refractivity contribution >= 4 is 29.9 Å². The number of nitrogens with one attached hydrogen (secondary N) is 4. The number of rotatable bonds is 21. The first-order valence-electron chi connectivity index (χ1n) is 17.1. The number of hydrogen-bond acceptors (Lipinski definition) is 8. The third-order valence-electron chi connectivity index (χ3n) is 8.67. The fourth-order valence-corrected chi connectivity index (χ4v) is 5.98. The predicted molar refractivity (Wildman–Crippen MR) is 185 cm³/mol. The van der Waals surface area contributed by atoms with Crippen molar-refractivity contribution in [3.05, 3.63) is 71.8 Å². The molecule has 0 aliphatic carbocycles. The second-order valence-corrected chi connectivity index (χ2v) is 12.3. The Morgan fingerprint density at radius 2 is 1.33 bits per heavy atom. The molecule has 0 unspecified atom stereocenters. The van der Waals surface area contributed by atoms with E-state index in [1.807, 2.05) is 66.9 Å². The molecule has 0 bridgehead atoms. The summed E-state index contributed by atoms with van der Waals surface area (Å²) in [5.41, 5.74) is 13.2. The zero-order valence-electron chi connectivity index (χ0n) is 28.0. The van der Waals surface area contributed by atoms with Crippen molar-refractivity contribution in [1.82, 2.24) is 26.2 Å². The Morgan fingerprint density at radius 3 is 1.90 bits per heavy atom. The molecule has 261 valence electrons. The fraction of sp³-hybridized carbons (Fsp3) is 0.528. The summed E-state index contributed by atoms with van der Waals surface area (Å²) in [6.07, 6.45) is 6.88. The van der Waals surface area contributed by atoms with Crippen molar-refractivity contribution in [2.75, 3.05) is 26.7 Å². The summed E-state index contributed by atoms with van der Waals surface area (Å²) >= 11 is 0. The van der Waals surface area contributed by atoms with Gasteiger partial charge in [-0.05, 0) is 89.1 Å². The van der Waals surface area contributed by atoms with Crippen molar-refractivity contribution in [3.8, 4) is 0 Å². The molecule has 12 nitrogen and oxygen atoms in total. The molecule has 1 radical (unpaired) electrons. The topological polar surface area (TPSA) is 189 Å². The minimum atomic E-state index is -0.928. The highest BCUT2D eigenvalue weighted by Gasteiger charge is 2.39. The highest BCUT2D eigenvalue weighted by molar-refractivity contribution is 5.95. The SMILES string of the molecule is CN[C@@H](Cc1ccccc1)C(=O)N[C@@H](CCCCN)C(=O)N1CCC[C@H]1C(=O)N[C@@H](CCCCN)C(=O)N[C@H]([C]=O)Cc1ccccc1. The first kappa shape index (κ1) is 38.3. The number of hydrogen-bond donors (Lipinski definition) is 6. The molecule has 2 aromatic carbocycles. The Labute approximate surface area is 284 Å². The van der Waals surface area contributed by atoms with Gasteiger partial charge in [0.25, 0.3) is 0 Å². The highest BCUT2D eigenvalue weighted by atomic mass is 16.2. The van der Waals surface area contributed by atoms with Gasteiger partial charge in [0, 0.05) is 13.0 Å². The Bertz CT molecular complexity index is 1300. The third kappa shape index (κ3) is 12.1. The van der Waals surface area contributed by atoms with Gasteiger partial charge in [-0.25, -0.2) is 0 Å². The zero-order valence-corrected chi connectivity index (χ0v) is 28.0. The molecule has 48 heavy (non-hydrogen) atoms. The zero-order chi connectivity index (χ0) is 34.7. The lowest BCUT2D eigenvalue weighted by Gasteiger charge is -2.31. The second-order valence-electron chi connectivity index (χ2n) is 12.3. The van der Waals surface area contributed by atoms with Gasteiger partial charge in [0.2, 0.25) is 29.9 Å². The molecule has 1 heterocycles. The fourth-order valence-electron chi connectivity index (χ4n) is 5.98. The minimum absolute atomic E-state index is 0.265. The van der Waals surface area contributed by atoms with E-state index in [0.29, 0.717) is 77.4 Å². The summed E-state index contributed by atoms with van der Waals surface area (Å²) in [5, 5.41) is 11.6. The molecule has 0 saturated carbocycles. The van der Waals surface area contributed by atoms with E-state index in [2.05, 4.69) is 21.3 Å². The minimum Gasteiger partial charge on any atom is -0.344 e. The first-order valence-corrected chi connectivity index (χ1v) is 17.1. The predicted octanol–water partition coefficient (Wildman–Crippen LogP) is 0.873. The van der Waals surface area contributed by atoms with Gasteiger partial charge in [0.05, 0.1) is 12.1 Å². The summed E-state index contributed by atoms with van der Waals surface area (Å²) in [7, 11) is 1.70. The molecule has 2 aromatic rings. The van der Waals surface area contributed by atoms with E-state index in [0.717, 1.165) is 11.1 Å². The number of amides is 4. The molecule has 8 N–H and O–H groups in total. The number of carbonyl (C=O) groups is 4. The van der Waals surface area contributed by atoms with Gasteiger partial charge in [-0.3, -0.25) is 24.0 Å². The summed E-state index contributed by atoms with van der Waals surface area (Å²) in [4.78, 5) is 67.7. The number of nitrogens with two attached hydrogens (primary N) is 2. The molecule has 5 atom stereocenters. The molecule has 12 heteroatoms. The maximum atomic E-state index is 14.0. The van der Waals surface area contributed by atoms with Crippen LogP contribution in [0.1, 0.15) is 62.5 Å². The number of nitrogens with zero attached hydrogens (tertiary/aromatic N) is 1. The van der Waals surface area contributed by atoms with E-state index >= 15 is 0 Å². The van der Waals surface area contributed by atoms with E-state index in [-0.39, 0.29) is 18.2 Å². The Hall–Kier alpha value is -4.13. The molecule has 3 rings (SSSR count). The number of likely N-dealkylation sites (N-methyl/N-ethyl adjacent to an activating group) is 1. The maximum Gasteiger partial charge on any atom is 0.245 e. The quantitative estimate of drug-likeness (QED) is 0.106. The summed E-state index contributed by atoms with van der Waals surface area (Å²) < 4.78 is 0. The first-order chi connectivity index (χ1) is 23.3. The summed E-state index contributed by atoms with van der Waals surface area (Å²) in [5.74, 6) is -1.59. The lowest BCUT2D eigenvalue weighted by molar-refractivity contribution is -0.142. The monoisotopic (exact) mass is 662 g/mol. The van der Waals surface area contributed by atoms with Gasteiger partial charge < -0.3 is 37.6 Å². The summed E-state index contributed by atoms with van der Waals surface area (Å²) in [6.45, 7) is 1.24. The average molecular weight is 663 g/mol. The van der Waals surface area contributed by atoms with Crippen molar-refractivity contribution in [3.63, 3.8) is 0 Å². The Kier molecular flexibility index (Phi) is 16.7. The Balaban J connectivity index is 1.71.